The molecular formula is C19H22N4O3S. The summed E-state index contributed by atoms with van der Waals surface area (Å²) in [5, 5.41) is 0.660. The van der Waals surface area contributed by atoms with Gasteiger partial charge in [0.1, 0.15) is 10.6 Å². The van der Waals surface area contributed by atoms with Crippen LogP contribution in [-0.2, 0) is 17.8 Å². The predicted molar refractivity (Wildman–Crippen MR) is 107 cm³/mol. The molecule has 7 nitrogen and oxygen atoms in total. The van der Waals surface area contributed by atoms with Crippen molar-refractivity contribution < 1.29 is 9.47 Å². The lowest BCUT2D eigenvalue weighted by molar-refractivity contribution is -0.0543. The van der Waals surface area contributed by atoms with E-state index in [2.05, 4.69) is 24.3 Å². The number of fused-ring (bicyclic) bond motifs is 3. The molecule has 1 aliphatic heterocycles. The van der Waals surface area contributed by atoms with Crippen molar-refractivity contribution in [2.45, 2.75) is 38.9 Å². The molecule has 0 spiro atoms. The van der Waals surface area contributed by atoms with Crippen LogP contribution in [0.3, 0.4) is 0 Å². The molecule has 1 aromatic carbocycles. The minimum Gasteiger partial charge on any atom is -0.497 e. The standard InChI is InChI=1S/C19H22N4O3S/c1-4-19(2)9-13-14(10-26-19)27-16-15(13)17(24)23(18(21-16)22-20)11-5-7-12(25-3)8-6-11/h5-8H,4,9-10,20H2,1-3H3,(H,21,22). The Bertz CT molecular complexity index is 1060. The van der Waals surface area contributed by atoms with Gasteiger partial charge in [0.25, 0.3) is 5.56 Å². The maximum absolute atomic E-state index is 13.5. The van der Waals surface area contributed by atoms with Gasteiger partial charge in [-0.25, -0.2) is 15.4 Å². The lowest BCUT2D eigenvalue weighted by atomic mass is 9.90. The Kier molecular flexibility index (Phi) is 4.41. The first-order chi connectivity index (χ1) is 13.0. The van der Waals surface area contributed by atoms with Crippen molar-refractivity contribution in [1.82, 2.24) is 9.55 Å². The van der Waals surface area contributed by atoms with Crippen LogP contribution in [0.2, 0.25) is 0 Å². The molecule has 142 valence electrons. The van der Waals surface area contributed by atoms with Crippen molar-refractivity contribution in [2.24, 2.45) is 5.84 Å². The first-order valence-electron chi connectivity index (χ1n) is 8.82. The lowest BCUT2D eigenvalue weighted by Crippen LogP contribution is -2.34. The molecule has 0 bridgehead atoms. The number of anilines is 1. The molecule has 2 aromatic heterocycles. The third-order valence-corrected chi connectivity index (χ3v) is 6.32. The third kappa shape index (κ3) is 2.90. The summed E-state index contributed by atoms with van der Waals surface area (Å²) in [6.07, 6.45) is 1.58. The highest BCUT2D eigenvalue weighted by Gasteiger charge is 2.33. The van der Waals surface area contributed by atoms with Gasteiger partial charge in [0.15, 0.2) is 0 Å². The fourth-order valence-electron chi connectivity index (χ4n) is 3.41. The monoisotopic (exact) mass is 386 g/mol. The number of nitrogens with two attached hydrogens (primary N) is 1. The van der Waals surface area contributed by atoms with Crippen LogP contribution in [0.15, 0.2) is 29.1 Å². The molecule has 0 amide bonds. The number of hydrogen-bond donors (Lipinski definition) is 2. The highest BCUT2D eigenvalue weighted by Crippen LogP contribution is 2.38. The zero-order valence-electron chi connectivity index (χ0n) is 15.5. The normalized spacial score (nSPS) is 19.1. The van der Waals surface area contributed by atoms with Gasteiger partial charge in [0.2, 0.25) is 5.95 Å². The molecule has 27 heavy (non-hydrogen) atoms. The van der Waals surface area contributed by atoms with E-state index in [4.69, 9.17) is 15.3 Å². The van der Waals surface area contributed by atoms with E-state index in [0.717, 1.165) is 16.9 Å². The van der Waals surface area contributed by atoms with Crippen molar-refractivity contribution in [3.63, 3.8) is 0 Å². The highest BCUT2D eigenvalue weighted by molar-refractivity contribution is 7.18. The summed E-state index contributed by atoms with van der Waals surface area (Å²) in [6.45, 7) is 4.70. The number of hydrazine groups is 1. The second-order valence-corrected chi connectivity index (χ2v) is 7.95. The number of methoxy groups -OCH3 is 1. The Morgan fingerprint density at radius 3 is 2.78 bits per heavy atom. The third-order valence-electron chi connectivity index (χ3n) is 5.22. The maximum atomic E-state index is 13.5. The molecule has 0 aliphatic carbocycles. The van der Waals surface area contributed by atoms with Crippen molar-refractivity contribution >= 4 is 27.5 Å². The number of aromatic nitrogens is 2. The van der Waals surface area contributed by atoms with Crippen molar-refractivity contribution in [3.8, 4) is 11.4 Å². The summed E-state index contributed by atoms with van der Waals surface area (Å²) >= 11 is 1.50. The Labute approximate surface area is 160 Å². The number of hydrogen-bond acceptors (Lipinski definition) is 7. The van der Waals surface area contributed by atoms with Gasteiger partial charge >= 0.3 is 0 Å². The van der Waals surface area contributed by atoms with Gasteiger partial charge in [-0.2, -0.15) is 0 Å². The summed E-state index contributed by atoms with van der Waals surface area (Å²) in [5.41, 5.74) is 3.89. The molecule has 1 atom stereocenters. The van der Waals surface area contributed by atoms with Crippen LogP contribution in [0, 0.1) is 0 Å². The summed E-state index contributed by atoms with van der Waals surface area (Å²) in [7, 11) is 1.60. The van der Waals surface area contributed by atoms with E-state index >= 15 is 0 Å². The van der Waals surface area contributed by atoms with Gasteiger partial charge in [-0.3, -0.25) is 10.2 Å². The van der Waals surface area contributed by atoms with E-state index in [9.17, 15) is 4.79 Å². The largest absolute Gasteiger partial charge is 0.497 e. The first-order valence-corrected chi connectivity index (χ1v) is 9.63. The molecule has 4 rings (SSSR count). The van der Waals surface area contributed by atoms with Gasteiger partial charge in [0.05, 0.1) is 30.4 Å². The van der Waals surface area contributed by atoms with Gasteiger partial charge < -0.3 is 9.47 Å². The zero-order valence-corrected chi connectivity index (χ0v) is 16.4. The van der Waals surface area contributed by atoms with Gasteiger partial charge in [-0.05, 0) is 43.2 Å². The number of benzene rings is 1. The quantitative estimate of drug-likeness (QED) is 0.529. The summed E-state index contributed by atoms with van der Waals surface area (Å²) < 4.78 is 12.7. The number of rotatable bonds is 4. The zero-order chi connectivity index (χ0) is 19.2. The van der Waals surface area contributed by atoms with E-state index < -0.39 is 0 Å². The molecule has 3 heterocycles. The lowest BCUT2D eigenvalue weighted by Gasteiger charge is -2.32. The minimum atomic E-state index is -0.261. The topological polar surface area (TPSA) is 91.4 Å². The molecule has 1 unspecified atom stereocenters. The average molecular weight is 386 g/mol. The SMILES string of the molecule is CCC1(C)Cc2c(sc3nc(NN)n(-c4ccc(OC)cc4)c(=O)c23)CO1. The number of ether oxygens (including phenoxy) is 2. The van der Waals surface area contributed by atoms with Gasteiger partial charge in [-0.1, -0.05) is 6.92 Å². The van der Waals surface area contributed by atoms with Crippen molar-refractivity contribution in [2.75, 3.05) is 12.5 Å². The van der Waals surface area contributed by atoms with Crippen LogP contribution < -0.4 is 21.6 Å². The van der Waals surface area contributed by atoms with Crippen molar-refractivity contribution in [3.05, 3.63) is 45.1 Å². The first kappa shape index (κ1) is 18.0. The Morgan fingerprint density at radius 2 is 2.15 bits per heavy atom. The van der Waals surface area contributed by atoms with E-state index in [1.54, 1.807) is 19.2 Å². The molecule has 1 aliphatic rings. The molecule has 3 aromatic rings. The molecule has 3 N–H and O–H groups in total. The number of nitrogens with zero attached hydrogens (tertiary/aromatic N) is 2. The van der Waals surface area contributed by atoms with Crippen LogP contribution in [0.25, 0.3) is 15.9 Å². The van der Waals surface area contributed by atoms with Crippen molar-refractivity contribution in [1.29, 1.82) is 0 Å². The minimum absolute atomic E-state index is 0.129. The molecule has 8 heteroatoms. The Hall–Kier alpha value is -2.42. The van der Waals surface area contributed by atoms with Crippen LogP contribution in [0.5, 0.6) is 5.75 Å². The van der Waals surface area contributed by atoms with E-state index in [-0.39, 0.29) is 11.2 Å². The van der Waals surface area contributed by atoms with Crippen LogP contribution in [-0.4, -0.2) is 22.3 Å². The summed E-state index contributed by atoms with van der Waals surface area (Å²) in [4.78, 5) is 19.8. The fourth-order valence-corrected chi connectivity index (χ4v) is 4.51. The maximum Gasteiger partial charge on any atom is 0.268 e. The second-order valence-electron chi connectivity index (χ2n) is 6.87. The Balaban J connectivity index is 1.95. The molecule has 0 radical (unpaired) electrons. The average Bonchev–Trinajstić information content (AvgIpc) is 3.05. The molecule has 0 fully saturated rings. The van der Waals surface area contributed by atoms with E-state index in [0.29, 0.717) is 40.6 Å². The molecular weight excluding hydrogens is 364 g/mol. The fraction of sp³-hybridized carbons (Fsp3) is 0.368. The van der Waals surface area contributed by atoms with Gasteiger partial charge in [0, 0.05) is 11.3 Å². The summed E-state index contributed by atoms with van der Waals surface area (Å²) in [5.74, 6) is 6.69. The molecule has 0 saturated heterocycles. The second kappa shape index (κ2) is 6.63. The van der Waals surface area contributed by atoms with E-state index in [1.165, 1.54) is 15.9 Å². The summed E-state index contributed by atoms with van der Waals surface area (Å²) in [6, 6.07) is 7.23. The van der Waals surface area contributed by atoms with Crippen LogP contribution in [0.4, 0.5) is 5.95 Å². The predicted octanol–water partition coefficient (Wildman–Crippen LogP) is 2.98. The molecule has 0 saturated carbocycles. The van der Waals surface area contributed by atoms with Crippen LogP contribution >= 0.6 is 11.3 Å². The van der Waals surface area contributed by atoms with Gasteiger partial charge in [-0.15, -0.1) is 11.3 Å². The highest BCUT2D eigenvalue weighted by atomic mass is 32.1. The van der Waals surface area contributed by atoms with E-state index in [1.807, 2.05) is 12.1 Å². The Morgan fingerprint density at radius 1 is 1.41 bits per heavy atom. The number of nitrogen functional groups attached to an aromatic ring is 1. The number of nitrogens with one attached hydrogen (secondary N) is 1. The smallest absolute Gasteiger partial charge is 0.268 e. The van der Waals surface area contributed by atoms with Crippen LogP contribution in [0.1, 0.15) is 30.7 Å². The number of thiophene rings is 1.